The van der Waals surface area contributed by atoms with Crippen molar-refractivity contribution < 1.29 is 24.2 Å². The Kier molecular flexibility index (Phi) is 4.06. The average Bonchev–Trinajstić information content (AvgIpc) is 2.81. The van der Waals surface area contributed by atoms with Crippen LogP contribution in [0.15, 0.2) is 16.3 Å². The smallest absolute Gasteiger partial charge is 0.352 e. The third kappa shape index (κ3) is 2.80. The maximum absolute atomic E-state index is 11.6. The van der Waals surface area contributed by atoms with Gasteiger partial charge in [0.15, 0.2) is 0 Å². The number of carboxylic acids is 1. The normalized spacial score (nSPS) is 26.2. The van der Waals surface area contributed by atoms with E-state index >= 15 is 0 Å². The van der Waals surface area contributed by atoms with Crippen LogP contribution in [0.5, 0.6) is 0 Å². The van der Waals surface area contributed by atoms with Crippen LogP contribution >= 0.6 is 0 Å². The van der Waals surface area contributed by atoms with Crippen LogP contribution in [0.2, 0.25) is 0 Å². The van der Waals surface area contributed by atoms with Gasteiger partial charge in [0, 0.05) is 31.5 Å². The first-order valence-corrected chi connectivity index (χ1v) is 7.72. The quantitative estimate of drug-likeness (QED) is 0.541. The molecule has 8 heteroatoms. The number of carboxylic acid groups (broad SMARTS) is 1. The number of ether oxygens (including phenoxy) is 1. The Bertz CT molecular complexity index is 625. The molecule has 0 radical (unpaired) electrons. The van der Waals surface area contributed by atoms with Crippen LogP contribution in [0.25, 0.3) is 0 Å². The van der Waals surface area contributed by atoms with E-state index in [9.17, 15) is 19.5 Å². The first-order valence-electron chi connectivity index (χ1n) is 7.72. The first kappa shape index (κ1) is 15.5. The van der Waals surface area contributed by atoms with Gasteiger partial charge in [-0.15, -0.1) is 0 Å². The Labute approximate surface area is 133 Å². The third-order valence-electron chi connectivity index (χ3n) is 4.41. The van der Waals surface area contributed by atoms with E-state index < -0.39 is 5.97 Å². The van der Waals surface area contributed by atoms with Crippen molar-refractivity contribution in [1.29, 1.82) is 0 Å². The van der Waals surface area contributed by atoms with E-state index in [1.807, 2.05) is 0 Å². The van der Waals surface area contributed by atoms with Crippen LogP contribution < -0.4 is 5.32 Å². The third-order valence-corrected chi connectivity index (χ3v) is 4.41. The van der Waals surface area contributed by atoms with Gasteiger partial charge in [-0.2, -0.15) is 0 Å². The maximum Gasteiger partial charge on any atom is 0.352 e. The Hall–Kier alpha value is -2.38. The zero-order valence-electron chi connectivity index (χ0n) is 12.9. The summed E-state index contributed by atoms with van der Waals surface area (Å²) in [5.41, 5.74) is 0.905. The van der Waals surface area contributed by atoms with Gasteiger partial charge in [-0.1, -0.05) is 0 Å². The lowest BCUT2D eigenvalue weighted by Gasteiger charge is -2.35. The SMILES string of the molecule is CCOC(=O)CC1=NCC(C2=C(C(=O)O)N3C(=O)CC3C2)CN1. The Morgan fingerprint density at radius 1 is 1.43 bits per heavy atom. The topological polar surface area (TPSA) is 108 Å². The molecular formula is C15H19N3O5. The number of hydrogen-bond donors (Lipinski definition) is 2. The summed E-state index contributed by atoms with van der Waals surface area (Å²) in [4.78, 5) is 40.3. The molecule has 3 rings (SSSR count). The molecule has 1 saturated heterocycles. The summed E-state index contributed by atoms with van der Waals surface area (Å²) in [5.74, 6) is -1.02. The highest BCUT2D eigenvalue weighted by atomic mass is 16.5. The number of fused-ring (bicyclic) bond motifs is 1. The lowest BCUT2D eigenvalue weighted by atomic mass is 9.92. The minimum Gasteiger partial charge on any atom is -0.477 e. The number of carbonyl (C=O) groups excluding carboxylic acids is 2. The minimum atomic E-state index is -1.06. The highest BCUT2D eigenvalue weighted by Gasteiger charge is 2.48. The molecule has 0 aromatic rings. The molecule has 1 amide bonds. The molecule has 124 valence electrons. The molecule has 3 aliphatic rings. The molecule has 3 aliphatic heterocycles. The van der Waals surface area contributed by atoms with Crippen LogP contribution in [-0.2, 0) is 19.1 Å². The van der Waals surface area contributed by atoms with E-state index in [1.165, 1.54) is 4.90 Å². The van der Waals surface area contributed by atoms with Crippen molar-refractivity contribution >= 4 is 23.7 Å². The highest BCUT2D eigenvalue weighted by molar-refractivity contribution is 5.99. The largest absolute Gasteiger partial charge is 0.477 e. The Balaban J connectivity index is 1.70. The molecule has 0 saturated carbocycles. The number of carbonyl (C=O) groups is 3. The lowest BCUT2D eigenvalue weighted by Crippen LogP contribution is -2.49. The van der Waals surface area contributed by atoms with Crippen LogP contribution in [-0.4, -0.2) is 59.4 Å². The summed E-state index contributed by atoms with van der Waals surface area (Å²) < 4.78 is 4.88. The minimum absolute atomic E-state index is 0.00601. The van der Waals surface area contributed by atoms with E-state index in [1.54, 1.807) is 6.92 Å². The van der Waals surface area contributed by atoms with Gasteiger partial charge in [0.05, 0.1) is 6.61 Å². The number of nitrogens with one attached hydrogen (secondary N) is 1. The summed E-state index contributed by atoms with van der Waals surface area (Å²) >= 11 is 0. The first-order chi connectivity index (χ1) is 11.0. The van der Waals surface area contributed by atoms with Gasteiger partial charge in [-0.05, 0) is 18.9 Å². The molecule has 1 fully saturated rings. The van der Waals surface area contributed by atoms with Gasteiger partial charge in [0.1, 0.15) is 18.0 Å². The number of aliphatic carboxylic acids is 1. The molecular weight excluding hydrogens is 302 g/mol. The standard InChI is InChI=1S/C15H19N3O5/c1-2-23-13(20)5-11-16-6-8(7-17-11)10-3-9-4-12(19)18(9)14(10)15(21)22/h8-9H,2-7H2,1H3,(H,16,17)(H,21,22). The predicted octanol–water partition coefficient (Wildman–Crippen LogP) is -0.0992. The second kappa shape index (κ2) is 6.02. The summed E-state index contributed by atoms with van der Waals surface area (Å²) in [6.07, 6.45) is 1.11. The summed E-state index contributed by atoms with van der Waals surface area (Å²) in [7, 11) is 0. The molecule has 0 aliphatic carbocycles. The van der Waals surface area contributed by atoms with Crippen molar-refractivity contribution in [2.24, 2.45) is 10.9 Å². The van der Waals surface area contributed by atoms with Crippen LogP contribution in [0.1, 0.15) is 26.2 Å². The lowest BCUT2D eigenvalue weighted by molar-refractivity contribution is -0.147. The zero-order chi connectivity index (χ0) is 16.6. The van der Waals surface area contributed by atoms with Crippen molar-refractivity contribution in [2.75, 3.05) is 19.7 Å². The second-order valence-corrected chi connectivity index (χ2v) is 5.85. The number of amides is 1. The summed E-state index contributed by atoms with van der Waals surface area (Å²) in [6, 6.07) is -0.00601. The zero-order valence-corrected chi connectivity index (χ0v) is 12.9. The van der Waals surface area contributed by atoms with E-state index in [0.717, 1.165) is 5.57 Å². The van der Waals surface area contributed by atoms with E-state index in [4.69, 9.17) is 4.74 Å². The maximum atomic E-state index is 11.6. The van der Waals surface area contributed by atoms with E-state index in [-0.39, 0.29) is 36.0 Å². The number of rotatable bonds is 5. The molecule has 8 nitrogen and oxygen atoms in total. The van der Waals surface area contributed by atoms with Crippen molar-refractivity contribution in [3.8, 4) is 0 Å². The van der Waals surface area contributed by atoms with Gasteiger partial charge >= 0.3 is 11.9 Å². The molecule has 3 heterocycles. The molecule has 0 aromatic heterocycles. The fourth-order valence-electron chi connectivity index (χ4n) is 3.34. The molecule has 2 N–H and O–H groups in total. The fourth-order valence-corrected chi connectivity index (χ4v) is 3.34. The van der Waals surface area contributed by atoms with E-state index in [0.29, 0.717) is 38.4 Å². The number of nitrogens with zero attached hydrogens (tertiary/aromatic N) is 2. The van der Waals surface area contributed by atoms with Gasteiger partial charge < -0.3 is 20.1 Å². The molecule has 23 heavy (non-hydrogen) atoms. The van der Waals surface area contributed by atoms with Crippen LogP contribution in [0.3, 0.4) is 0 Å². The van der Waals surface area contributed by atoms with Crippen molar-refractivity contribution in [1.82, 2.24) is 10.2 Å². The fraction of sp³-hybridized carbons (Fsp3) is 0.600. The average molecular weight is 321 g/mol. The van der Waals surface area contributed by atoms with Gasteiger partial charge in [-0.3, -0.25) is 14.6 Å². The summed E-state index contributed by atoms with van der Waals surface area (Å²) in [5, 5.41) is 12.5. The monoisotopic (exact) mass is 321 g/mol. The number of β-lactam (4-membered cyclic amide) rings is 1. The second-order valence-electron chi connectivity index (χ2n) is 5.85. The van der Waals surface area contributed by atoms with Gasteiger partial charge in [0.2, 0.25) is 5.91 Å². The highest BCUT2D eigenvalue weighted by Crippen LogP contribution is 2.41. The molecule has 0 spiro atoms. The molecule has 2 unspecified atom stereocenters. The van der Waals surface area contributed by atoms with Crippen molar-refractivity contribution in [3.05, 3.63) is 11.3 Å². The molecule has 0 bridgehead atoms. The number of amidine groups is 1. The van der Waals surface area contributed by atoms with E-state index in [2.05, 4.69) is 10.3 Å². The predicted molar refractivity (Wildman–Crippen MR) is 79.6 cm³/mol. The van der Waals surface area contributed by atoms with Crippen LogP contribution in [0.4, 0.5) is 0 Å². The summed E-state index contributed by atoms with van der Waals surface area (Å²) in [6.45, 7) is 3.01. The molecule has 2 atom stereocenters. The van der Waals surface area contributed by atoms with Crippen LogP contribution in [0, 0.1) is 5.92 Å². The number of hydrogen-bond acceptors (Lipinski definition) is 6. The number of esters is 1. The number of aliphatic imine (C=N–C) groups is 1. The van der Waals surface area contributed by atoms with Gasteiger partial charge in [-0.25, -0.2) is 4.79 Å². The van der Waals surface area contributed by atoms with Crippen molar-refractivity contribution in [3.63, 3.8) is 0 Å². The van der Waals surface area contributed by atoms with Crippen molar-refractivity contribution in [2.45, 2.75) is 32.2 Å². The van der Waals surface area contributed by atoms with Gasteiger partial charge in [0.25, 0.3) is 0 Å². The Morgan fingerprint density at radius 3 is 2.78 bits per heavy atom. The Morgan fingerprint density at radius 2 is 2.22 bits per heavy atom. The molecule has 0 aromatic carbocycles.